The van der Waals surface area contributed by atoms with Crippen LogP contribution in [0.5, 0.6) is 17.2 Å². The van der Waals surface area contributed by atoms with E-state index in [9.17, 15) is 4.79 Å². The first-order chi connectivity index (χ1) is 13.6. The van der Waals surface area contributed by atoms with Gasteiger partial charge in [-0.15, -0.1) is 11.3 Å². The first-order valence-corrected chi connectivity index (χ1v) is 9.63. The van der Waals surface area contributed by atoms with Crippen LogP contribution in [0, 0.1) is 0 Å². The second kappa shape index (κ2) is 8.75. The first-order valence-electron chi connectivity index (χ1n) is 8.75. The van der Waals surface area contributed by atoms with Crippen molar-refractivity contribution in [2.45, 2.75) is 6.92 Å². The minimum absolute atomic E-state index is 0.185. The van der Waals surface area contributed by atoms with Gasteiger partial charge < -0.3 is 14.2 Å². The summed E-state index contributed by atoms with van der Waals surface area (Å²) in [6.07, 6.45) is 0. The van der Waals surface area contributed by atoms with Crippen molar-refractivity contribution in [2.24, 2.45) is 0 Å². The van der Waals surface area contributed by atoms with Crippen molar-refractivity contribution >= 4 is 22.4 Å². The largest absolute Gasteiger partial charge is 0.493 e. The van der Waals surface area contributed by atoms with Crippen LogP contribution in [0.2, 0.25) is 0 Å². The Morgan fingerprint density at radius 3 is 2.21 bits per heavy atom. The highest BCUT2D eigenvalue weighted by molar-refractivity contribution is 7.14. The van der Waals surface area contributed by atoms with Crippen LogP contribution in [0.1, 0.15) is 17.3 Å². The Morgan fingerprint density at radius 2 is 1.68 bits per heavy atom. The molecule has 3 rings (SSSR count). The summed E-state index contributed by atoms with van der Waals surface area (Å²) in [5.41, 5.74) is 2.30. The van der Waals surface area contributed by atoms with Crippen LogP contribution in [0.25, 0.3) is 11.3 Å². The molecule has 1 heterocycles. The number of aromatic nitrogens is 1. The highest BCUT2D eigenvalue weighted by Crippen LogP contribution is 2.39. The third-order valence-corrected chi connectivity index (χ3v) is 5.13. The summed E-state index contributed by atoms with van der Waals surface area (Å²) in [5.74, 6) is 1.14. The average Bonchev–Trinajstić information content (AvgIpc) is 3.23. The van der Waals surface area contributed by atoms with Crippen LogP contribution in [-0.2, 0) is 0 Å². The number of ether oxygens (including phenoxy) is 3. The molecule has 7 heteroatoms. The Kier molecular flexibility index (Phi) is 6.16. The quantitative estimate of drug-likeness (QED) is 0.586. The van der Waals surface area contributed by atoms with Crippen LogP contribution < -0.4 is 19.1 Å². The molecule has 0 spiro atoms. The molecule has 0 aliphatic carbocycles. The van der Waals surface area contributed by atoms with Gasteiger partial charge in [0.25, 0.3) is 5.91 Å². The Labute approximate surface area is 168 Å². The van der Waals surface area contributed by atoms with E-state index in [0.717, 1.165) is 11.3 Å². The van der Waals surface area contributed by atoms with Crippen molar-refractivity contribution in [3.05, 3.63) is 53.4 Å². The summed E-state index contributed by atoms with van der Waals surface area (Å²) >= 11 is 1.43. The van der Waals surface area contributed by atoms with E-state index in [0.29, 0.717) is 34.5 Å². The van der Waals surface area contributed by atoms with Gasteiger partial charge in [-0.3, -0.25) is 9.69 Å². The Bertz CT molecular complexity index is 931. The number of hydrogen-bond donors (Lipinski definition) is 0. The number of nitrogens with zero attached hydrogens (tertiary/aromatic N) is 2. The molecule has 0 bridgehead atoms. The molecule has 0 aliphatic rings. The molecule has 0 radical (unpaired) electrons. The fourth-order valence-electron chi connectivity index (χ4n) is 2.86. The van der Waals surface area contributed by atoms with Crippen LogP contribution in [-0.4, -0.2) is 38.8 Å². The molecule has 0 N–H and O–H groups in total. The van der Waals surface area contributed by atoms with Gasteiger partial charge in [0, 0.05) is 23.1 Å². The lowest BCUT2D eigenvalue weighted by Gasteiger charge is -2.19. The lowest BCUT2D eigenvalue weighted by Crippen LogP contribution is -2.30. The average molecular weight is 398 g/mol. The standard InChI is InChI=1S/C21H22N2O4S/c1-5-23(21-22-16(13-28-21)14-9-7-6-8-10-14)20(24)15-11-17(25-2)19(27-4)18(12-15)26-3/h6-13H,5H2,1-4H3. The van der Waals surface area contributed by atoms with Crippen LogP contribution in [0.4, 0.5) is 5.13 Å². The van der Waals surface area contributed by atoms with Gasteiger partial charge in [-0.25, -0.2) is 4.98 Å². The smallest absolute Gasteiger partial charge is 0.260 e. The van der Waals surface area contributed by atoms with Crippen molar-refractivity contribution < 1.29 is 19.0 Å². The van der Waals surface area contributed by atoms with E-state index >= 15 is 0 Å². The van der Waals surface area contributed by atoms with E-state index in [-0.39, 0.29) is 5.91 Å². The minimum Gasteiger partial charge on any atom is -0.493 e. The molecule has 3 aromatic rings. The van der Waals surface area contributed by atoms with E-state index in [1.807, 2.05) is 42.6 Å². The topological polar surface area (TPSA) is 60.9 Å². The SMILES string of the molecule is CCN(C(=O)c1cc(OC)c(OC)c(OC)c1)c1nc(-c2ccccc2)cs1. The number of benzene rings is 2. The van der Waals surface area contributed by atoms with Crippen molar-refractivity contribution in [3.63, 3.8) is 0 Å². The van der Waals surface area contributed by atoms with Gasteiger partial charge in [-0.1, -0.05) is 30.3 Å². The molecule has 1 aromatic heterocycles. The molecule has 0 fully saturated rings. The lowest BCUT2D eigenvalue weighted by atomic mass is 10.1. The normalized spacial score (nSPS) is 10.4. The van der Waals surface area contributed by atoms with Crippen molar-refractivity contribution in [3.8, 4) is 28.5 Å². The first kappa shape index (κ1) is 19.7. The fourth-order valence-corrected chi connectivity index (χ4v) is 3.75. The molecule has 1 amide bonds. The van der Waals surface area contributed by atoms with Gasteiger partial charge in [0.1, 0.15) is 0 Å². The zero-order valence-electron chi connectivity index (χ0n) is 16.3. The van der Waals surface area contributed by atoms with Gasteiger partial charge in [-0.05, 0) is 19.1 Å². The number of hydrogen-bond acceptors (Lipinski definition) is 6. The summed E-state index contributed by atoms with van der Waals surface area (Å²) in [7, 11) is 4.58. The second-order valence-corrected chi connectivity index (χ2v) is 6.68. The highest BCUT2D eigenvalue weighted by atomic mass is 32.1. The van der Waals surface area contributed by atoms with Gasteiger partial charge in [-0.2, -0.15) is 0 Å². The highest BCUT2D eigenvalue weighted by Gasteiger charge is 2.23. The molecule has 0 unspecified atom stereocenters. The summed E-state index contributed by atoms with van der Waals surface area (Å²) in [6.45, 7) is 2.40. The molecule has 0 saturated heterocycles. The summed E-state index contributed by atoms with van der Waals surface area (Å²) in [6, 6.07) is 13.2. The second-order valence-electron chi connectivity index (χ2n) is 5.84. The van der Waals surface area contributed by atoms with Crippen LogP contribution >= 0.6 is 11.3 Å². The third kappa shape index (κ3) is 3.80. The molecule has 0 saturated carbocycles. The summed E-state index contributed by atoms with van der Waals surface area (Å²) in [5, 5.41) is 2.59. The Hall–Kier alpha value is -3.06. The molecule has 0 atom stereocenters. The van der Waals surface area contributed by atoms with E-state index < -0.39 is 0 Å². The molecular formula is C21H22N2O4S. The maximum absolute atomic E-state index is 13.2. The lowest BCUT2D eigenvalue weighted by molar-refractivity contribution is 0.0987. The van der Waals surface area contributed by atoms with Gasteiger partial charge >= 0.3 is 0 Å². The molecular weight excluding hydrogens is 376 g/mol. The molecule has 146 valence electrons. The van der Waals surface area contributed by atoms with E-state index in [1.54, 1.807) is 17.0 Å². The number of anilines is 1. The zero-order chi connectivity index (χ0) is 20.1. The van der Waals surface area contributed by atoms with E-state index in [2.05, 4.69) is 4.98 Å². The van der Waals surface area contributed by atoms with Gasteiger partial charge in [0.2, 0.25) is 5.75 Å². The third-order valence-electron chi connectivity index (χ3n) is 4.27. The monoisotopic (exact) mass is 398 g/mol. The van der Waals surface area contributed by atoms with Crippen LogP contribution in [0.3, 0.4) is 0 Å². The fraction of sp³-hybridized carbons (Fsp3) is 0.238. The number of carbonyl (C=O) groups excluding carboxylic acids is 1. The van der Waals surface area contributed by atoms with E-state index in [1.165, 1.54) is 32.7 Å². The number of thiazole rings is 1. The van der Waals surface area contributed by atoms with Crippen molar-refractivity contribution in [1.82, 2.24) is 4.98 Å². The number of carbonyl (C=O) groups is 1. The summed E-state index contributed by atoms with van der Waals surface area (Å²) < 4.78 is 16.1. The number of methoxy groups -OCH3 is 3. The maximum Gasteiger partial charge on any atom is 0.260 e. The van der Waals surface area contributed by atoms with E-state index in [4.69, 9.17) is 14.2 Å². The predicted molar refractivity (Wildman–Crippen MR) is 111 cm³/mol. The number of amides is 1. The van der Waals surface area contributed by atoms with Crippen molar-refractivity contribution in [1.29, 1.82) is 0 Å². The molecule has 2 aromatic carbocycles. The van der Waals surface area contributed by atoms with Crippen LogP contribution in [0.15, 0.2) is 47.8 Å². The molecule has 28 heavy (non-hydrogen) atoms. The molecule has 6 nitrogen and oxygen atoms in total. The Balaban J connectivity index is 1.95. The Morgan fingerprint density at radius 1 is 1.04 bits per heavy atom. The summed E-state index contributed by atoms with van der Waals surface area (Å²) in [4.78, 5) is 19.5. The van der Waals surface area contributed by atoms with Crippen molar-refractivity contribution in [2.75, 3.05) is 32.8 Å². The van der Waals surface area contributed by atoms with Gasteiger partial charge in [0.05, 0.1) is 27.0 Å². The zero-order valence-corrected chi connectivity index (χ0v) is 17.1. The minimum atomic E-state index is -0.185. The van der Waals surface area contributed by atoms with Gasteiger partial charge in [0.15, 0.2) is 16.6 Å². The molecule has 0 aliphatic heterocycles. The number of rotatable bonds is 7. The maximum atomic E-state index is 13.2. The predicted octanol–water partition coefficient (Wildman–Crippen LogP) is 4.50.